The highest BCUT2D eigenvalue weighted by atomic mass is 35.5. The van der Waals surface area contributed by atoms with Gasteiger partial charge < -0.3 is 36.1 Å². The number of fused-ring (bicyclic) bond motifs is 2. The van der Waals surface area contributed by atoms with Crippen molar-refractivity contribution in [2.45, 2.75) is 65.0 Å². The molecule has 22 nitrogen and oxygen atoms in total. The lowest BCUT2D eigenvalue weighted by Gasteiger charge is -2.44. The van der Waals surface area contributed by atoms with Crippen LogP contribution in [0.3, 0.4) is 0 Å². The van der Waals surface area contributed by atoms with Crippen LogP contribution in [0.25, 0.3) is 21.8 Å². The number of aromatic amines is 2. The summed E-state index contributed by atoms with van der Waals surface area (Å²) in [4.78, 5) is 111. The Labute approximate surface area is 476 Å². The van der Waals surface area contributed by atoms with Crippen LogP contribution in [0.5, 0.6) is 5.75 Å². The molecule has 0 saturated carbocycles. The molecule has 9 rings (SSSR count). The highest BCUT2D eigenvalue weighted by Gasteiger charge is 2.36. The SMILES string of the molecule is C[C@@H]1CN(Cc2cccc(Cl)c2)[C@@H](C)CN1C(=O)c1cc2c(C(=O)C(N)=O)c[nH]c2cc1Cl.C[C@@H]1CN(Cc2cccc(Cl)c2)[C@@H](C)CN1C(=O)c1cc2c(C(=O)C(N)=O)c[nH]c2cc1Cl.NOc1ccc([N+](=O)[O-])cc1[N+](=O)[O-]. The Hall–Kier alpha value is -7.96. The van der Waals surface area contributed by atoms with Crippen molar-refractivity contribution in [3.05, 3.63) is 177 Å². The summed E-state index contributed by atoms with van der Waals surface area (Å²) in [6.45, 7) is 12.1. The van der Waals surface area contributed by atoms with Crippen molar-refractivity contribution in [2.75, 3.05) is 26.2 Å². The van der Waals surface area contributed by atoms with E-state index in [0.717, 1.165) is 42.4 Å². The molecule has 0 spiro atoms. The van der Waals surface area contributed by atoms with Crippen LogP contribution in [0, 0.1) is 20.2 Å². The monoisotopic (exact) mass is 1170 g/mol. The van der Waals surface area contributed by atoms with E-state index in [0.29, 0.717) is 58.0 Å². The van der Waals surface area contributed by atoms with E-state index in [1.165, 1.54) is 12.4 Å². The molecular weight excluding hydrogens is 1120 g/mol. The molecule has 7 aromatic rings. The number of ketones is 2. The van der Waals surface area contributed by atoms with Crippen LogP contribution in [0.15, 0.2) is 103 Å². The van der Waals surface area contributed by atoms with E-state index in [9.17, 15) is 49.0 Å². The van der Waals surface area contributed by atoms with Gasteiger partial charge in [0.1, 0.15) is 0 Å². The minimum atomic E-state index is -1.06. The maximum absolute atomic E-state index is 13.5. The van der Waals surface area contributed by atoms with E-state index >= 15 is 0 Å². The number of nitrogens with two attached hydrogens (primary N) is 3. The van der Waals surface area contributed by atoms with E-state index in [2.05, 4.69) is 38.5 Å². The third-order valence-electron chi connectivity index (χ3n) is 13.7. The second-order valence-electron chi connectivity index (χ2n) is 19.3. The number of carbonyl (C=O) groups is 6. The number of nitrogens with zero attached hydrogens (tertiary/aromatic N) is 6. The zero-order valence-corrected chi connectivity index (χ0v) is 46.3. The molecule has 2 fully saturated rings. The highest BCUT2D eigenvalue weighted by Crippen LogP contribution is 2.33. The van der Waals surface area contributed by atoms with Gasteiger partial charge in [0.05, 0.1) is 48.2 Å². The van der Waals surface area contributed by atoms with E-state index in [4.69, 9.17) is 63.8 Å². The fourth-order valence-electron chi connectivity index (χ4n) is 9.57. The first-order valence-electron chi connectivity index (χ1n) is 24.5. The third-order valence-corrected chi connectivity index (χ3v) is 14.8. The van der Waals surface area contributed by atoms with Crippen LogP contribution in [0.1, 0.15) is 80.3 Å². The molecule has 2 aliphatic rings. The van der Waals surface area contributed by atoms with Crippen molar-refractivity contribution >= 4 is 115 Å². The van der Waals surface area contributed by atoms with Gasteiger partial charge in [0.2, 0.25) is 5.75 Å². The van der Waals surface area contributed by atoms with Crippen molar-refractivity contribution < 1.29 is 43.5 Å². The largest absolute Gasteiger partial charge is 0.404 e. The van der Waals surface area contributed by atoms with Crippen molar-refractivity contribution in [2.24, 2.45) is 17.4 Å². The van der Waals surface area contributed by atoms with Gasteiger partial charge in [-0.05, 0) is 93.4 Å². The number of nitrogens with one attached hydrogen (secondary N) is 2. The normalized spacial score (nSPS) is 17.4. The Bertz CT molecular complexity index is 3400. The van der Waals surface area contributed by atoms with Crippen LogP contribution >= 0.6 is 46.4 Å². The number of benzene rings is 5. The summed E-state index contributed by atoms with van der Waals surface area (Å²) >= 11 is 25.1. The van der Waals surface area contributed by atoms with Crippen LogP contribution in [-0.2, 0) is 22.7 Å². The summed E-state index contributed by atoms with van der Waals surface area (Å²) in [5.74, 6) is 0.320. The number of carbonyl (C=O) groups excluding carboxylic acids is 6. The summed E-state index contributed by atoms with van der Waals surface area (Å²) < 4.78 is 0. The first kappa shape index (κ1) is 59.7. The first-order valence-corrected chi connectivity index (χ1v) is 26.1. The molecule has 80 heavy (non-hydrogen) atoms. The van der Waals surface area contributed by atoms with Gasteiger partial charge >= 0.3 is 5.69 Å². The summed E-state index contributed by atoms with van der Waals surface area (Å²) in [6.07, 6.45) is 2.81. The van der Waals surface area contributed by atoms with E-state index in [-0.39, 0.29) is 74.0 Å². The summed E-state index contributed by atoms with van der Waals surface area (Å²) in [5.41, 5.74) is 13.5. The van der Waals surface area contributed by atoms with Gasteiger partial charge in [0, 0.05) is 114 Å². The van der Waals surface area contributed by atoms with E-state index in [1.54, 1.807) is 34.1 Å². The Morgan fingerprint density at radius 3 is 1.36 bits per heavy atom. The molecule has 2 aromatic heterocycles. The Balaban J connectivity index is 0.000000187. The standard InChI is InChI=1S/2C24H24Cl2N4O3.C6H5N3O5/c2*1-13-11-30(14(2)10-29(13)12-15-4-3-5-16(25)6-15)24(33)18-7-17-19(22(31)23(27)32)9-28-21(17)8-20(18)26;7-14-6-2-1-4(8(10)11)3-5(6)9(12)13/h2*3-9,13-14,28H,10-12H2,1-2H3,(H2,27,32);1-3H,7H2/t2*13-,14+;/m00./s1. The average Bonchev–Trinajstić information content (AvgIpc) is 4.05. The maximum atomic E-state index is 13.5. The molecule has 26 heteroatoms. The predicted molar refractivity (Wildman–Crippen MR) is 302 cm³/mol. The number of non-ortho nitro benzene ring substituents is 1. The number of H-pyrrole nitrogens is 2. The number of hydrogen-bond donors (Lipinski definition) is 5. The molecule has 4 atom stereocenters. The summed E-state index contributed by atoms with van der Waals surface area (Å²) in [7, 11) is 0. The first-order chi connectivity index (χ1) is 37.9. The highest BCUT2D eigenvalue weighted by molar-refractivity contribution is 6.45. The number of nitro benzene ring substituents is 2. The molecular formula is C54H53Cl4N11O11. The Kier molecular flexibility index (Phi) is 19.0. The van der Waals surface area contributed by atoms with E-state index in [1.807, 2.05) is 62.4 Å². The minimum Gasteiger partial charge on any atom is -0.404 e. The molecule has 0 unspecified atom stereocenters. The summed E-state index contributed by atoms with van der Waals surface area (Å²) in [6, 6.07) is 24.9. The third kappa shape index (κ3) is 13.5. The number of hydrogen-bond acceptors (Lipinski definition) is 14. The van der Waals surface area contributed by atoms with Gasteiger partial charge in [-0.2, -0.15) is 5.90 Å². The molecule has 0 radical (unpaired) electrons. The quantitative estimate of drug-likeness (QED) is 0.0313. The topological polar surface area (TPSA) is 321 Å². The van der Waals surface area contributed by atoms with Gasteiger partial charge in [-0.3, -0.25) is 58.8 Å². The van der Waals surface area contributed by atoms with Crippen molar-refractivity contribution in [1.82, 2.24) is 29.6 Å². The van der Waals surface area contributed by atoms with Gasteiger partial charge in [-0.1, -0.05) is 70.7 Å². The number of aromatic nitrogens is 2. The Morgan fingerprint density at radius 1 is 0.575 bits per heavy atom. The molecule has 2 saturated heterocycles. The molecule has 4 amide bonds. The number of halogens is 4. The molecule has 5 aromatic carbocycles. The fourth-order valence-corrected chi connectivity index (χ4v) is 10.5. The van der Waals surface area contributed by atoms with Gasteiger partial charge in [0.15, 0.2) is 0 Å². The lowest BCUT2D eigenvalue weighted by atomic mass is 10.0. The summed E-state index contributed by atoms with van der Waals surface area (Å²) in [5, 5.41) is 23.5. The van der Waals surface area contributed by atoms with Crippen molar-refractivity contribution in [3.63, 3.8) is 0 Å². The van der Waals surface area contributed by atoms with Crippen molar-refractivity contribution in [3.8, 4) is 5.75 Å². The van der Waals surface area contributed by atoms with Crippen LogP contribution in [0.4, 0.5) is 11.4 Å². The average molecular weight is 1170 g/mol. The lowest BCUT2D eigenvalue weighted by Crippen LogP contribution is -2.57. The molecule has 4 heterocycles. The lowest BCUT2D eigenvalue weighted by molar-refractivity contribution is -0.394. The number of amides is 4. The van der Waals surface area contributed by atoms with Crippen LogP contribution in [-0.4, -0.2) is 125 Å². The zero-order chi connectivity index (χ0) is 58.4. The number of rotatable bonds is 13. The zero-order valence-electron chi connectivity index (χ0n) is 43.3. The van der Waals surface area contributed by atoms with Crippen molar-refractivity contribution in [1.29, 1.82) is 0 Å². The number of nitro groups is 2. The second-order valence-corrected chi connectivity index (χ2v) is 20.9. The predicted octanol–water partition coefficient (Wildman–Crippen LogP) is 8.51. The second kappa shape index (κ2) is 25.4. The number of primary amides is 2. The molecule has 2 aliphatic heterocycles. The minimum absolute atomic E-state index is 0.0578. The van der Waals surface area contributed by atoms with Crippen LogP contribution in [0.2, 0.25) is 20.1 Å². The van der Waals surface area contributed by atoms with Gasteiger partial charge in [-0.15, -0.1) is 0 Å². The van der Waals surface area contributed by atoms with E-state index < -0.39 is 44.6 Å². The number of piperazine rings is 2. The number of Topliss-reactive ketones (excluding diaryl/α,β-unsaturated/α-hetero) is 2. The van der Waals surface area contributed by atoms with Gasteiger partial charge in [0.25, 0.3) is 40.9 Å². The molecule has 418 valence electrons. The van der Waals surface area contributed by atoms with Crippen LogP contribution < -0.4 is 22.2 Å². The van der Waals surface area contributed by atoms with Gasteiger partial charge in [-0.25, -0.2) is 0 Å². The molecule has 0 bridgehead atoms. The smallest absolute Gasteiger partial charge is 0.320 e. The molecule has 0 aliphatic carbocycles. The Morgan fingerprint density at radius 2 is 1.00 bits per heavy atom. The fraction of sp³-hybridized carbons (Fsp3) is 0.259. The maximum Gasteiger partial charge on any atom is 0.320 e. The molecule has 8 N–H and O–H groups in total.